The number of aryl methyl sites for hydroxylation is 1. The Morgan fingerprint density at radius 1 is 0.963 bits per heavy atom. The predicted octanol–water partition coefficient (Wildman–Crippen LogP) is 6.20. The van der Waals surface area contributed by atoms with Crippen molar-refractivity contribution in [3.05, 3.63) is 65.2 Å². The van der Waals surface area contributed by atoms with Gasteiger partial charge in [-0.3, -0.25) is 0 Å². The third kappa shape index (κ3) is 5.40. The van der Waals surface area contributed by atoms with E-state index in [1.54, 1.807) is 11.3 Å². The Labute approximate surface area is 168 Å². The molecule has 3 saturated heterocycles. The number of hydrogen-bond donors (Lipinski definition) is 0. The molecule has 2 nitrogen and oxygen atoms in total. The van der Waals surface area contributed by atoms with Crippen LogP contribution in [0.4, 0.5) is 0 Å². The van der Waals surface area contributed by atoms with Gasteiger partial charge in [-0.15, -0.1) is 11.3 Å². The smallest absolute Gasteiger partial charge is 0.0907 e. The van der Waals surface area contributed by atoms with E-state index < -0.39 is 0 Å². The average Bonchev–Trinajstić information content (AvgIpc) is 3.12. The van der Waals surface area contributed by atoms with Crippen LogP contribution in [0.15, 0.2) is 54.6 Å². The SMILES string of the molecule is CC.Cc1nc2ccccc2s1.c1ccc(C[C@H]2CN3CCC2CC3)cc1. The van der Waals surface area contributed by atoms with E-state index in [4.69, 9.17) is 0 Å². The molecule has 3 fully saturated rings. The number of aromatic nitrogens is 1. The molecule has 2 aromatic carbocycles. The Balaban J connectivity index is 0.000000153. The van der Waals surface area contributed by atoms with Gasteiger partial charge < -0.3 is 4.90 Å². The van der Waals surface area contributed by atoms with Crippen LogP contribution in [-0.4, -0.2) is 29.5 Å². The van der Waals surface area contributed by atoms with E-state index in [1.165, 1.54) is 49.2 Å². The number of fused-ring (bicyclic) bond motifs is 4. The molecule has 3 heteroatoms. The number of piperidine rings is 3. The molecule has 0 radical (unpaired) electrons. The summed E-state index contributed by atoms with van der Waals surface area (Å²) in [4.78, 5) is 6.98. The van der Waals surface area contributed by atoms with Crippen LogP contribution in [-0.2, 0) is 6.42 Å². The number of thiazole rings is 1. The largest absolute Gasteiger partial charge is 0.303 e. The van der Waals surface area contributed by atoms with Crippen LogP contribution in [0.25, 0.3) is 10.2 Å². The lowest BCUT2D eigenvalue weighted by Gasteiger charge is -2.45. The molecule has 27 heavy (non-hydrogen) atoms. The molecule has 0 unspecified atom stereocenters. The van der Waals surface area contributed by atoms with Gasteiger partial charge in [-0.05, 0) is 68.8 Å². The third-order valence-corrected chi connectivity index (χ3v) is 6.48. The highest BCUT2D eigenvalue weighted by Gasteiger charge is 2.33. The first-order chi connectivity index (χ1) is 13.3. The normalized spacial score (nSPS) is 23.1. The van der Waals surface area contributed by atoms with Crippen molar-refractivity contribution < 1.29 is 0 Å². The Morgan fingerprint density at radius 3 is 2.26 bits per heavy atom. The molecule has 2 bridgehead atoms. The summed E-state index contributed by atoms with van der Waals surface area (Å²) in [6.07, 6.45) is 4.18. The van der Waals surface area contributed by atoms with Crippen LogP contribution >= 0.6 is 11.3 Å². The van der Waals surface area contributed by atoms with Crippen molar-refractivity contribution in [2.75, 3.05) is 19.6 Å². The minimum Gasteiger partial charge on any atom is -0.303 e. The van der Waals surface area contributed by atoms with Crippen LogP contribution in [0.1, 0.15) is 37.3 Å². The van der Waals surface area contributed by atoms with Gasteiger partial charge in [-0.25, -0.2) is 4.98 Å². The maximum atomic E-state index is 4.33. The summed E-state index contributed by atoms with van der Waals surface area (Å²) in [6.45, 7) is 10.1. The lowest BCUT2D eigenvalue weighted by atomic mass is 9.76. The second-order valence-corrected chi connectivity index (χ2v) is 8.52. The molecule has 1 aromatic heterocycles. The van der Waals surface area contributed by atoms with E-state index in [9.17, 15) is 0 Å². The Morgan fingerprint density at radius 2 is 1.63 bits per heavy atom. The van der Waals surface area contributed by atoms with Gasteiger partial charge in [0.1, 0.15) is 0 Å². The molecule has 3 aromatic rings. The Hall–Kier alpha value is -1.71. The van der Waals surface area contributed by atoms with Gasteiger partial charge in [0.25, 0.3) is 0 Å². The van der Waals surface area contributed by atoms with Gasteiger partial charge in [0.05, 0.1) is 15.2 Å². The topological polar surface area (TPSA) is 16.1 Å². The zero-order valence-electron chi connectivity index (χ0n) is 16.9. The molecule has 1 atom stereocenters. The summed E-state index contributed by atoms with van der Waals surface area (Å²) in [7, 11) is 0. The fourth-order valence-corrected chi connectivity index (χ4v) is 5.05. The van der Waals surface area contributed by atoms with Crippen molar-refractivity contribution in [3.63, 3.8) is 0 Å². The van der Waals surface area contributed by atoms with Crippen LogP contribution in [0.5, 0.6) is 0 Å². The lowest BCUT2D eigenvalue weighted by Crippen LogP contribution is -2.48. The third-order valence-electron chi connectivity index (χ3n) is 5.53. The fourth-order valence-electron chi connectivity index (χ4n) is 4.22. The van der Waals surface area contributed by atoms with Crippen molar-refractivity contribution >= 4 is 21.6 Å². The number of benzene rings is 2. The standard InChI is InChI=1S/C14H19N.C8H7NS.C2H6/c1-2-4-12(5-3-1)10-14-11-15-8-6-13(14)7-9-15;1-6-9-7-4-2-3-5-8(7)10-6;1-2/h1-5,13-14H,6-11H2;2-5H,1H3;1-2H3/t14-;;/m0../s1. The second-order valence-electron chi connectivity index (χ2n) is 7.29. The van der Waals surface area contributed by atoms with E-state index >= 15 is 0 Å². The highest BCUT2D eigenvalue weighted by atomic mass is 32.1. The number of hydrogen-bond acceptors (Lipinski definition) is 3. The van der Waals surface area contributed by atoms with Gasteiger partial charge >= 0.3 is 0 Å². The van der Waals surface area contributed by atoms with E-state index in [-0.39, 0.29) is 0 Å². The second kappa shape index (κ2) is 10.0. The molecule has 3 aliphatic rings. The quantitative estimate of drug-likeness (QED) is 0.526. The first kappa shape index (κ1) is 20.0. The zero-order valence-corrected chi connectivity index (χ0v) is 17.7. The maximum absolute atomic E-state index is 4.33. The molecule has 144 valence electrons. The summed E-state index contributed by atoms with van der Waals surface area (Å²) < 4.78 is 1.28. The van der Waals surface area contributed by atoms with Crippen LogP contribution in [0, 0.1) is 18.8 Å². The van der Waals surface area contributed by atoms with Gasteiger partial charge in [0.2, 0.25) is 0 Å². The van der Waals surface area contributed by atoms with Crippen molar-refractivity contribution in [2.24, 2.45) is 11.8 Å². The molecule has 4 heterocycles. The van der Waals surface area contributed by atoms with Crippen molar-refractivity contribution in [3.8, 4) is 0 Å². The van der Waals surface area contributed by atoms with Crippen molar-refractivity contribution in [1.29, 1.82) is 0 Å². The zero-order chi connectivity index (χ0) is 19.1. The molecular weight excluding hydrogens is 348 g/mol. The van der Waals surface area contributed by atoms with E-state index in [1.807, 2.05) is 39.0 Å². The summed E-state index contributed by atoms with van der Waals surface area (Å²) in [5.74, 6) is 1.94. The number of rotatable bonds is 2. The van der Waals surface area contributed by atoms with E-state index in [0.717, 1.165) is 22.4 Å². The maximum Gasteiger partial charge on any atom is 0.0907 e. The lowest BCUT2D eigenvalue weighted by molar-refractivity contribution is 0.0512. The van der Waals surface area contributed by atoms with Gasteiger partial charge in [-0.1, -0.05) is 56.3 Å². The van der Waals surface area contributed by atoms with E-state index in [0.29, 0.717) is 0 Å². The summed E-state index contributed by atoms with van der Waals surface area (Å²) >= 11 is 1.74. The minimum absolute atomic E-state index is 0.926. The predicted molar refractivity (Wildman–Crippen MR) is 119 cm³/mol. The van der Waals surface area contributed by atoms with Gasteiger partial charge in [0, 0.05) is 6.54 Å². The fraction of sp³-hybridized carbons (Fsp3) is 0.458. The molecule has 0 N–H and O–H groups in total. The van der Waals surface area contributed by atoms with Crippen molar-refractivity contribution in [2.45, 2.75) is 40.0 Å². The molecule has 0 aliphatic carbocycles. The summed E-state index contributed by atoms with van der Waals surface area (Å²) in [5, 5.41) is 1.14. The Bertz CT molecular complexity index is 770. The number of nitrogens with zero attached hydrogens (tertiary/aromatic N) is 2. The minimum atomic E-state index is 0.926. The summed E-state index contributed by atoms with van der Waals surface area (Å²) in [6, 6.07) is 19.2. The first-order valence-electron chi connectivity index (χ1n) is 10.4. The molecule has 6 rings (SSSR count). The van der Waals surface area contributed by atoms with Gasteiger partial charge in [-0.2, -0.15) is 0 Å². The highest BCUT2D eigenvalue weighted by Crippen LogP contribution is 2.34. The number of para-hydroxylation sites is 1. The van der Waals surface area contributed by atoms with Crippen LogP contribution in [0.3, 0.4) is 0 Å². The summed E-state index contributed by atoms with van der Waals surface area (Å²) in [5.41, 5.74) is 2.64. The first-order valence-corrected chi connectivity index (χ1v) is 11.2. The molecule has 0 amide bonds. The van der Waals surface area contributed by atoms with Crippen LogP contribution in [0.2, 0.25) is 0 Å². The average molecular weight is 381 g/mol. The Kier molecular flexibility index (Phi) is 7.42. The molecular formula is C24H32N2S. The molecule has 0 saturated carbocycles. The monoisotopic (exact) mass is 380 g/mol. The molecule has 3 aliphatic heterocycles. The molecule has 0 spiro atoms. The van der Waals surface area contributed by atoms with E-state index in [2.05, 4.69) is 46.3 Å². The van der Waals surface area contributed by atoms with Crippen molar-refractivity contribution in [1.82, 2.24) is 9.88 Å². The highest BCUT2D eigenvalue weighted by molar-refractivity contribution is 7.18. The van der Waals surface area contributed by atoms with Gasteiger partial charge in [0.15, 0.2) is 0 Å². The van der Waals surface area contributed by atoms with Crippen LogP contribution < -0.4 is 0 Å².